The fraction of sp³-hybridized carbons (Fsp3) is 0.111. The molecule has 3 rings (SSSR count). The van der Waals surface area contributed by atoms with Crippen molar-refractivity contribution in [2.75, 3.05) is 0 Å². The molecule has 0 spiro atoms. The van der Waals surface area contributed by atoms with Gasteiger partial charge in [0.15, 0.2) is 0 Å². The van der Waals surface area contributed by atoms with E-state index in [1.165, 1.54) is 6.07 Å². The highest BCUT2D eigenvalue weighted by Crippen LogP contribution is 2.18. The molecule has 1 N–H and O–H groups in total. The Balaban J connectivity index is 1.82. The van der Waals surface area contributed by atoms with E-state index in [1.54, 1.807) is 24.3 Å². The van der Waals surface area contributed by atoms with Crippen molar-refractivity contribution in [1.29, 1.82) is 0 Å². The number of benzene rings is 2. The van der Waals surface area contributed by atoms with Crippen LogP contribution >= 0.6 is 0 Å². The smallest absolute Gasteiger partial charge is 0.303 e. The Morgan fingerprint density at radius 3 is 2.48 bits per heavy atom. The number of hydrogen-bond donors (Lipinski definition) is 1. The summed E-state index contributed by atoms with van der Waals surface area (Å²) in [6.45, 7) is 1.87. The van der Waals surface area contributed by atoms with Gasteiger partial charge in [0.2, 0.25) is 0 Å². The zero-order chi connectivity index (χ0) is 16.4. The van der Waals surface area contributed by atoms with Crippen molar-refractivity contribution in [3.05, 3.63) is 76.7 Å². The van der Waals surface area contributed by atoms with Gasteiger partial charge < -0.3 is 5.32 Å². The summed E-state index contributed by atoms with van der Waals surface area (Å²) in [6, 6.07) is 13.1. The van der Waals surface area contributed by atoms with Crippen LogP contribution in [0.15, 0.2) is 54.2 Å². The first-order valence-corrected chi connectivity index (χ1v) is 7.19. The van der Waals surface area contributed by atoms with E-state index in [4.69, 9.17) is 0 Å². The normalized spacial score (nSPS) is 16.1. The van der Waals surface area contributed by atoms with Gasteiger partial charge in [-0.1, -0.05) is 48.0 Å². The minimum atomic E-state index is -0.545. The molecule has 1 saturated heterocycles. The first-order chi connectivity index (χ1) is 11.0. The summed E-state index contributed by atoms with van der Waals surface area (Å²) in [4.78, 5) is 25.3. The van der Waals surface area contributed by atoms with E-state index in [1.807, 2.05) is 31.2 Å². The molecule has 0 radical (unpaired) electrons. The molecule has 1 aliphatic heterocycles. The van der Waals surface area contributed by atoms with Crippen LogP contribution in [0, 0.1) is 12.7 Å². The summed E-state index contributed by atoms with van der Waals surface area (Å²) in [5, 5.41) is 2.53. The van der Waals surface area contributed by atoms with Crippen LogP contribution in [0.25, 0.3) is 6.08 Å². The van der Waals surface area contributed by atoms with E-state index in [0.717, 1.165) is 16.0 Å². The van der Waals surface area contributed by atoms with E-state index >= 15 is 0 Å². The molecule has 1 fully saturated rings. The summed E-state index contributed by atoms with van der Waals surface area (Å²) in [6.07, 6.45) is 1.61. The van der Waals surface area contributed by atoms with Gasteiger partial charge in [0.05, 0.1) is 6.54 Å². The number of hydrogen-bond acceptors (Lipinski definition) is 2. The predicted molar refractivity (Wildman–Crippen MR) is 84.6 cm³/mol. The van der Waals surface area contributed by atoms with E-state index in [-0.39, 0.29) is 12.2 Å². The number of imide groups is 1. The Kier molecular flexibility index (Phi) is 3.93. The van der Waals surface area contributed by atoms with Crippen LogP contribution in [0.3, 0.4) is 0 Å². The standard InChI is InChI=1S/C18H15FN2O2/c1-12-6-8-13(9-7-12)10-16-17(22)21(18(23)20-16)11-14-4-2-3-5-15(14)19/h2-10H,11H2,1H3,(H,20,23)/b16-10-. The molecule has 116 valence electrons. The molecule has 1 heterocycles. The quantitative estimate of drug-likeness (QED) is 0.699. The van der Waals surface area contributed by atoms with Gasteiger partial charge in [-0.05, 0) is 24.6 Å². The van der Waals surface area contributed by atoms with Gasteiger partial charge in [0.1, 0.15) is 11.5 Å². The number of nitrogens with zero attached hydrogens (tertiary/aromatic N) is 1. The maximum atomic E-state index is 13.7. The van der Waals surface area contributed by atoms with Gasteiger partial charge >= 0.3 is 6.03 Å². The van der Waals surface area contributed by atoms with Gasteiger partial charge in [-0.3, -0.25) is 9.69 Å². The third-order valence-corrected chi connectivity index (χ3v) is 3.64. The lowest BCUT2D eigenvalue weighted by Crippen LogP contribution is -2.30. The summed E-state index contributed by atoms with van der Waals surface area (Å²) < 4.78 is 13.7. The summed E-state index contributed by atoms with van der Waals surface area (Å²) in [7, 11) is 0. The Labute approximate surface area is 133 Å². The minimum absolute atomic E-state index is 0.0947. The van der Waals surface area contributed by atoms with Crippen LogP contribution < -0.4 is 5.32 Å². The number of carbonyl (C=O) groups is 2. The Bertz CT molecular complexity index is 797. The number of rotatable bonds is 3. The second-order valence-electron chi connectivity index (χ2n) is 5.38. The minimum Gasteiger partial charge on any atom is -0.303 e. The van der Waals surface area contributed by atoms with E-state index in [0.29, 0.717) is 5.56 Å². The van der Waals surface area contributed by atoms with E-state index in [9.17, 15) is 14.0 Å². The third kappa shape index (κ3) is 3.13. The van der Waals surface area contributed by atoms with Gasteiger partial charge in [-0.15, -0.1) is 0 Å². The number of aryl methyl sites for hydroxylation is 1. The van der Waals surface area contributed by atoms with Crippen LogP contribution in [-0.2, 0) is 11.3 Å². The molecule has 0 aromatic heterocycles. The van der Waals surface area contributed by atoms with Gasteiger partial charge in [-0.25, -0.2) is 9.18 Å². The zero-order valence-corrected chi connectivity index (χ0v) is 12.5. The number of amides is 3. The Morgan fingerprint density at radius 1 is 1.09 bits per heavy atom. The van der Waals surface area contributed by atoms with Crippen LogP contribution in [0.5, 0.6) is 0 Å². The average molecular weight is 310 g/mol. The van der Waals surface area contributed by atoms with Crippen molar-refractivity contribution in [2.45, 2.75) is 13.5 Å². The van der Waals surface area contributed by atoms with Crippen molar-refractivity contribution < 1.29 is 14.0 Å². The molecule has 23 heavy (non-hydrogen) atoms. The predicted octanol–water partition coefficient (Wildman–Crippen LogP) is 3.23. The molecule has 2 aromatic rings. The monoisotopic (exact) mass is 310 g/mol. The van der Waals surface area contributed by atoms with Gasteiger partial charge in [0.25, 0.3) is 5.91 Å². The molecule has 0 unspecified atom stereocenters. The second-order valence-corrected chi connectivity index (χ2v) is 5.38. The lowest BCUT2D eigenvalue weighted by molar-refractivity contribution is -0.123. The number of urea groups is 1. The second kappa shape index (κ2) is 6.04. The van der Waals surface area contributed by atoms with Crippen molar-refractivity contribution in [3.63, 3.8) is 0 Å². The highest BCUT2D eigenvalue weighted by Gasteiger charge is 2.33. The summed E-state index contributed by atoms with van der Waals surface area (Å²) >= 11 is 0. The van der Waals surface area contributed by atoms with Crippen molar-refractivity contribution in [1.82, 2.24) is 10.2 Å². The SMILES string of the molecule is Cc1ccc(/C=C2\NC(=O)N(Cc3ccccc3F)C2=O)cc1. The molecule has 3 amide bonds. The molecule has 0 bridgehead atoms. The zero-order valence-electron chi connectivity index (χ0n) is 12.5. The average Bonchev–Trinajstić information content (AvgIpc) is 2.79. The van der Waals surface area contributed by atoms with Crippen molar-refractivity contribution in [2.24, 2.45) is 0 Å². The maximum Gasteiger partial charge on any atom is 0.329 e. The molecule has 0 saturated carbocycles. The summed E-state index contributed by atoms with van der Waals surface area (Å²) in [5.41, 5.74) is 2.41. The largest absolute Gasteiger partial charge is 0.329 e. The molecule has 2 aromatic carbocycles. The summed E-state index contributed by atoms with van der Waals surface area (Å²) in [5.74, 6) is -0.900. The number of nitrogens with one attached hydrogen (secondary N) is 1. The van der Waals surface area contributed by atoms with Crippen LogP contribution in [0.1, 0.15) is 16.7 Å². The highest BCUT2D eigenvalue weighted by molar-refractivity contribution is 6.13. The molecule has 1 aliphatic rings. The van der Waals surface area contributed by atoms with Crippen molar-refractivity contribution in [3.8, 4) is 0 Å². The molecule has 5 heteroatoms. The van der Waals surface area contributed by atoms with Crippen LogP contribution in [0.2, 0.25) is 0 Å². The topological polar surface area (TPSA) is 49.4 Å². The molecule has 0 atom stereocenters. The maximum absolute atomic E-state index is 13.7. The lowest BCUT2D eigenvalue weighted by Gasteiger charge is -2.12. The van der Waals surface area contributed by atoms with Crippen LogP contribution in [0.4, 0.5) is 9.18 Å². The third-order valence-electron chi connectivity index (χ3n) is 3.64. The Hall–Kier alpha value is -2.95. The number of halogens is 1. The fourth-order valence-corrected chi connectivity index (χ4v) is 2.34. The number of carbonyl (C=O) groups excluding carboxylic acids is 2. The molecular weight excluding hydrogens is 295 g/mol. The van der Waals surface area contributed by atoms with Gasteiger partial charge in [-0.2, -0.15) is 0 Å². The molecule has 4 nitrogen and oxygen atoms in total. The van der Waals surface area contributed by atoms with Gasteiger partial charge in [0, 0.05) is 5.56 Å². The van der Waals surface area contributed by atoms with Crippen LogP contribution in [-0.4, -0.2) is 16.8 Å². The molecular formula is C18H15FN2O2. The molecule has 0 aliphatic carbocycles. The van der Waals surface area contributed by atoms with E-state index in [2.05, 4.69) is 5.32 Å². The Morgan fingerprint density at radius 2 is 1.78 bits per heavy atom. The fourth-order valence-electron chi connectivity index (χ4n) is 2.34. The lowest BCUT2D eigenvalue weighted by atomic mass is 10.1. The van der Waals surface area contributed by atoms with E-state index < -0.39 is 17.8 Å². The highest BCUT2D eigenvalue weighted by atomic mass is 19.1. The van der Waals surface area contributed by atoms with Crippen molar-refractivity contribution >= 4 is 18.0 Å². The first-order valence-electron chi connectivity index (χ1n) is 7.19. The first kappa shape index (κ1) is 15.0.